The number of nitrogens with one attached hydrogen (secondary N) is 1. The molecule has 2 aromatic heterocycles. The van der Waals surface area contributed by atoms with Gasteiger partial charge in [0.25, 0.3) is 5.91 Å². The Morgan fingerprint density at radius 2 is 1.92 bits per heavy atom. The van der Waals surface area contributed by atoms with Crippen LogP contribution in [0.5, 0.6) is 0 Å². The van der Waals surface area contributed by atoms with Crippen LogP contribution in [0, 0.1) is 19.7 Å². The van der Waals surface area contributed by atoms with E-state index in [0.717, 1.165) is 21.9 Å². The van der Waals surface area contributed by atoms with Crippen molar-refractivity contribution in [3.8, 4) is 11.3 Å². The maximum atomic E-state index is 13.7. The topological polar surface area (TPSA) is 46.4 Å². The average Bonchev–Trinajstić information content (AvgIpc) is 3.19. The number of aryl methyl sites for hydroxylation is 2. The van der Waals surface area contributed by atoms with Crippen LogP contribution < -0.4 is 5.32 Å². The minimum absolute atomic E-state index is 0.262. The fourth-order valence-electron chi connectivity index (χ4n) is 2.77. The first-order valence-corrected chi connectivity index (χ1v) is 8.96. The van der Waals surface area contributed by atoms with Gasteiger partial charge in [-0.25, -0.2) is 9.37 Å². The van der Waals surface area contributed by atoms with Crippen molar-refractivity contribution < 1.29 is 9.18 Å². The molecular weight excluding hydrogens is 349 g/mol. The highest BCUT2D eigenvalue weighted by Gasteiger charge is 2.18. The molecule has 0 saturated heterocycles. The number of carbonyl (C=O) groups is 1. The molecule has 4 nitrogen and oxygen atoms in total. The summed E-state index contributed by atoms with van der Waals surface area (Å²) in [6, 6.07) is 14.6. The van der Waals surface area contributed by atoms with E-state index in [2.05, 4.69) is 10.3 Å². The summed E-state index contributed by atoms with van der Waals surface area (Å²) in [7, 11) is 0. The number of thiazole rings is 1. The van der Waals surface area contributed by atoms with Gasteiger partial charge in [-0.05, 0) is 31.5 Å². The molecule has 0 saturated carbocycles. The Kier molecular flexibility index (Phi) is 4.05. The molecule has 0 fully saturated rings. The normalized spacial score (nSPS) is 11.0. The molecule has 26 heavy (non-hydrogen) atoms. The highest BCUT2D eigenvalue weighted by atomic mass is 32.1. The Balaban J connectivity index is 1.64. The van der Waals surface area contributed by atoms with E-state index in [1.54, 1.807) is 19.1 Å². The third-order valence-corrected chi connectivity index (χ3v) is 5.42. The number of anilines is 1. The van der Waals surface area contributed by atoms with Crippen molar-refractivity contribution in [2.75, 3.05) is 5.32 Å². The molecule has 0 radical (unpaired) electrons. The maximum Gasteiger partial charge on any atom is 0.267 e. The summed E-state index contributed by atoms with van der Waals surface area (Å²) in [5.41, 5.74) is 3.69. The average molecular weight is 365 g/mol. The van der Waals surface area contributed by atoms with Gasteiger partial charge in [-0.3, -0.25) is 9.20 Å². The molecule has 0 bridgehead atoms. The molecule has 0 aliphatic carbocycles. The fraction of sp³-hybridized carbons (Fsp3) is 0.100. The van der Waals surface area contributed by atoms with Crippen LogP contribution in [-0.2, 0) is 0 Å². The molecule has 0 aliphatic heterocycles. The molecule has 0 spiro atoms. The van der Waals surface area contributed by atoms with Crippen molar-refractivity contribution >= 4 is 27.9 Å². The Bertz CT molecular complexity index is 1120. The van der Waals surface area contributed by atoms with Crippen LogP contribution in [-0.4, -0.2) is 15.3 Å². The summed E-state index contributed by atoms with van der Waals surface area (Å²) < 4.78 is 15.6. The number of benzene rings is 2. The zero-order valence-electron chi connectivity index (χ0n) is 14.3. The zero-order chi connectivity index (χ0) is 18.3. The maximum absolute atomic E-state index is 13.7. The predicted molar refractivity (Wildman–Crippen MR) is 102 cm³/mol. The van der Waals surface area contributed by atoms with Crippen molar-refractivity contribution in [2.45, 2.75) is 13.8 Å². The number of imidazole rings is 1. The summed E-state index contributed by atoms with van der Waals surface area (Å²) >= 11 is 1.32. The quantitative estimate of drug-likeness (QED) is 0.551. The Morgan fingerprint density at radius 3 is 2.62 bits per heavy atom. The van der Waals surface area contributed by atoms with Gasteiger partial charge in [-0.2, -0.15) is 0 Å². The molecule has 2 heterocycles. The second kappa shape index (κ2) is 6.38. The molecule has 130 valence electrons. The number of hydrogen-bond acceptors (Lipinski definition) is 3. The van der Waals surface area contributed by atoms with E-state index in [1.165, 1.54) is 17.4 Å². The Morgan fingerprint density at radius 1 is 1.15 bits per heavy atom. The summed E-state index contributed by atoms with van der Waals surface area (Å²) in [6.07, 6.45) is 1.93. The van der Waals surface area contributed by atoms with Gasteiger partial charge in [0.2, 0.25) is 0 Å². The smallest absolute Gasteiger partial charge is 0.267 e. The third-order valence-electron chi connectivity index (χ3n) is 4.26. The van der Waals surface area contributed by atoms with Gasteiger partial charge in [0.1, 0.15) is 10.7 Å². The van der Waals surface area contributed by atoms with Crippen LogP contribution in [0.15, 0.2) is 54.7 Å². The number of rotatable bonds is 3. The van der Waals surface area contributed by atoms with Gasteiger partial charge in [0.05, 0.1) is 5.69 Å². The number of carbonyl (C=O) groups excluding carboxylic acids is 1. The van der Waals surface area contributed by atoms with Gasteiger partial charge in [0.15, 0.2) is 4.96 Å². The highest BCUT2D eigenvalue weighted by molar-refractivity contribution is 7.19. The van der Waals surface area contributed by atoms with E-state index in [1.807, 2.05) is 47.9 Å². The lowest BCUT2D eigenvalue weighted by molar-refractivity contribution is 0.102. The minimum atomic E-state index is -0.340. The summed E-state index contributed by atoms with van der Waals surface area (Å²) in [5, 5.41) is 2.75. The molecule has 4 aromatic rings. The SMILES string of the molecule is Cc1ccc(NC(=O)c2sc3nc(-c4ccccc4)cn3c2C)cc1F. The summed E-state index contributed by atoms with van der Waals surface area (Å²) in [5.74, 6) is -0.601. The van der Waals surface area contributed by atoms with Gasteiger partial charge in [-0.1, -0.05) is 47.7 Å². The Hall–Kier alpha value is -2.99. The van der Waals surface area contributed by atoms with Crippen LogP contribution in [0.3, 0.4) is 0 Å². The lowest BCUT2D eigenvalue weighted by Crippen LogP contribution is -2.12. The minimum Gasteiger partial charge on any atom is -0.321 e. The van der Waals surface area contributed by atoms with Crippen molar-refractivity contribution in [2.24, 2.45) is 0 Å². The molecule has 0 atom stereocenters. The summed E-state index contributed by atoms with van der Waals surface area (Å²) in [4.78, 5) is 18.5. The van der Waals surface area contributed by atoms with Gasteiger partial charge >= 0.3 is 0 Å². The number of hydrogen-bond donors (Lipinski definition) is 1. The van der Waals surface area contributed by atoms with E-state index >= 15 is 0 Å². The van der Waals surface area contributed by atoms with Crippen molar-refractivity contribution in [3.05, 3.63) is 76.7 Å². The van der Waals surface area contributed by atoms with Crippen LogP contribution in [0.4, 0.5) is 10.1 Å². The molecule has 2 aromatic carbocycles. The second-order valence-corrected chi connectivity index (χ2v) is 7.06. The molecule has 1 N–H and O–H groups in total. The lowest BCUT2D eigenvalue weighted by Gasteiger charge is -2.05. The number of amides is 1. The first kappa shape index (κ1) is 16.5. The molecule has 4 rings (SSSR count). The zero-order valence-corrected chi connectivity index (χ0v) is 15.1. The van der Waals surface area contributed by atoms with Gasteiger partial charge < -0.3 is 5.32 Å². The van der Waals surface area contributed by atoms with Crippen LogP contribution in [0.2, 0.25) is 0 Å². The summed E-state index contributed by atoms with van der Waals surface area (Å²) in [6.45, 7) is 3.56. The van der Waals surface area contributed by atoms with Gasteiger partial charge in [0, 0.05) is 23.1 Å². The van der Waals surface area contributed by atoms with Crippen LogP contribution in [0.25, 0.3) is 16.2 Å². The first-order valence-electron chi connectivity index (χ1n) is 8.14. The standard InChI is InChI=1S/C20H16FN3OS/c1-12-8-9-15(10-16(12)21)22-19(25)18-13(2)24-11-17(23-20(24)26-18)14-6-4-3-5-7-14/h3-11H,1-2H3,(H,22,25). The number of aromatic nitrogens is 2. The molecule has 0 unspecified atom stereocenters. The van der Waals surface area contributed by atoms with Crippen LogP contribution in [0.1, 0.15) is 20.9 Å². The van der Waals surface area contributed by atoms with E-state index in [0.29, 0.717) is 16.1 Å². The largest absolute Gasteiger partial charge is 0.321 e. The monoisotopic (exact) mass is 365 g/mol. The van der Waals surface area contributed by atoms with Gasteiger partial charge in [-0.15, -0.1) is 0 Å². The Labute approximate surface area is 153 Å². The molecule has 1 amide bonds. The van der Waals surface area contributed by atoms with Crippen molar-refractivity contribution in [1.82, 2.24) is 9.38 Å². The van der Waals surface area contributed by atoms with Crippen LogP contribution >= 0.6 is 11.3 Å². The first-order chi connectivity index (χ1) is 12.5. The highest BCUT2D eigenvalue weighted by Crippen LogP contribution is 2.28. The molecule has 0 aliphatic rings. The van der Waals surface area contributed by atoms with E-state index in [9.17, 15) is 9.18 Å². The van der Waals surface area contributed by atoms with E-state index < -0.39 is 0 Å². The fourth-order valence-corrected chi connectivity index (χ4v) is 3.77. The predicted octanol–water partition coefficient (Wildman–Crippen LogP) is 5.07. The lowest BCUT2D eigenvalue weighted by atomic mass is 10.2. The van der Waals surface area contributed by atoms with E-state index in [-0.39, 0.29) is 11.7 Å². The number of nitrogens with zero attached hydrogens (tertiary/aromatic N) is 2. The van der Waals surface area contributed by atoms with Crippen molar-refractivity contribution in [3.63, 3.8) is 0 Å². The number of halogens is 1. The van der Waals surface area contributed by atoms with E-state index in [4.69, 9.17) is 0 Å². The molecular formula is C20H16FN3OS. The molecule has 6 heteroatoms. The van der Waals surface area contributed by atoms with Crippen molar-refractivity contribution in [1.29, 1.82) is 0 Å². The number of fused-ring (bicyclic) bond motifs is 1. The second-order valence-electron chi connectivity index (χ2n) is 6.08. The third kappa shape index (κ3) is 2.88.